The van der Waals surface area contributed by atoms with E-state index in [4.69, 9.17) is 9.15 Å². The van der Waals surface area contributed by atoms with Gasteiger partial charge < -0.3 is 14.5 Å². The van der Waals surface area contributed by atoms with Crippen molar-refractivity contribution >= 4 is 24.0 Å². The van der Waals surface area contributed by atoms with E-state index in [1.807, 2.05) is 6.92 Å². The van der Waals surface area contributed by atoms with Gasteiger partial charge in [0.2, 0.25) is 0 Å². The zero-order valence-electron chi connectivity index (χ0n) is 15.4. The van der Waals surface area contributed by atoms with Crippen LogP contribution < -0.4 is 10.6 Å². The van der Waals surface area contributed by atoms with Gasteiger partial charge in [0.25, 0.3) is 5.91 Å². The number of unbranched alkanes of at least 4 members (excludes halogenated alkanes) is 1. The van der Waals surface area contributed by atoms with E-state index < -0.39 is 30.3 Å². The average Bonchev–Trinajstić information content (AvgIpc) is 3.14. The van der Waals surface area contributed by atoms with Gasteiger partial charge in [-0.3, -0.25) is 10.1 Å². The van der Waals surface area contributed by atoms with Gasteiger partial charge in [0.15, 0.2) is 6.61 Å². The summed E-state index contributed by atoms with van der Waals surface area (Å²) < 4.78 is 23.9. The van der Waals surface area contributed by atoms with Crippen LogP contribution in [0, 0.1) is 5.82 Å². The summed E-state index contributed by atoms with van der Waals surface area (Å²) in [6.07, 6.45) is 4.11. The monoisotopic (exact) mass is 388 g/mol. The van der Waals surface area contributed by atoms with Gasteiger partial charge in [0.05, 0.1) is 5.56 Å². The van der Waals surface area contributed by atoms with Crippen molar-refractivity contribution in [3.63, 3.8) is 0 Å². The molecule has 1 aromatic carbocycles. The van der Waals surface area contributed by atoms with Crippen molar-refractivity contribution in [1.29, 1.82) is 0 Å². The van der Waals surface area contributed by atoms with Crippen LogP contribution in [-0.4, -0.2) is 31.1 Å². The van der Waals surface area contributed by atoms with Crippen LogP contribution >= 0.6 is 0 Å². The van der Waals surface area contributed by atoms with E-state index >= 15 is 0 Å². The van der Waals surface area contributed by atoms with Crippen LogP contribution in [0.25, 0.3) is 17.4 Å². The Kier molecular flexibility index (Phi) is 7.95. The van der Waals surface area contributed by atoms with Crippen molar-refractivity contribution in [3.8, 4) is 11.3 Å². The summed E-state index contributed by atoms with van der Waals surface area (Å²) in [5.74, 6) is -1.31. The molecule has 8 heteroatoms. The Balaban J connectivity index is 1.79. The number of benzene rings is 1. The molecule has 0 aliphatic carbocycles. The number of hydrogen-bond acceptors (Lipinski definition) is 5. The van der Waals surface area contributed by atoms with E-state index in [-0.39, 0.29) is 0 Å². The quantitative estimate of drug-likeness (QED) is 0.411. The van der Waals surface area contributed by atoms with Crippen LogP contribution in [-0.2, 0) is 14.3 Å². The molecular formula is C20H21FN2O5. The van der Waals surface area contributed by atoms with Crippen molar-refractivity contribution in [2.24, 2.45) is 0 Å². The highest BCUT2D eigenvalue weighted by molar-refractivity contribution is 5.96. The standard InChI is InChI=1S/C20H21FN2O5/c1-2-3-12-22-20(26)23-18(24)13-27-19(25)11-9-14-8-10-17(28-14)15-6-4-5-7-16(15)21/h4-11H,2-3,12-13H2,1H3,(H2,22,23,24,26)/b11-9+. The van der Waals surface area contributed by atoms with E-state index in [1.54, 1.807) is 30.3 Å². The molecule has 0 radical (unpaired) electrons. The minimum absolute atomic E-state index is 0.304. The Labute approximate surface area is 161 Å². The molecule has 0 atom stereocenters. The van der Waals surface area contributed by atoms with Crippen molar-refractivity contribution in [3.05, 3.63) is 54.1 Å². The largest absolute Gasteiger partial charge is 0.457 e. The maximum atomic E-state index is 13.7. The number of urea groups is 1. The Bertz CT molecular complexity index is 860. The maximum Gasteiger partial charge on any atom is 0.331 e. The zero-order valence-corrected chi connectivity index (χ0v) is 15.4. The second-order valence-corrected chi connectivity index (χ2v) is 5.78. The third-order valence-corrected chi connectivity index (χ3v) is 3.56. The normalized spacial score (nSPS) is 10.6. The van der Waals surface area contributed by atoms with Gasteiger partial charge in [-0.1, -0.05) is 25.5 Å². The lowest BCUT2D eigenvalue weighted by molar-refractivity contribution is -0.143. The van der Waals surface area contributed by atoms with Gasteiger partial charge in [-0.15, -0.1) is 0 Å². The third kappa shape index (κ3) is 6.71. The van der Waals surface area contributed by atoms with Crippen LogP contribution in [0.5, 0.6) is 0 Å². The maximum absolute atomic E-state index is 13.7. The number of nitrogens with one attached hydrogen (secondary N) is 2. The number of amides is 3. The fourth-order valence-electron chi connectivity index (χ4n) is 2.17. The van der Waals surface area contributed by atoms with E-state index in [2.05, 4.69) is 10.6 Å². The molecule has 28 heavy (non-hydrogen) atoms. The molecule has 0 aliphatic rings. The first-order chi connectivity index (χ1) is 13.5. The van der Waals surface area contributed by atoms with Crippen molar-refractivity contribution in [2.45, 2.75) is 19.8 Å². The summed E-state index contributed by atoms with van der Waals surface area (Å²) in [5.41, 5.74) is 0.304. The Morgan fingerprint density at radius 3 is 2.71 bits per heavy atom. The summed E-state index contributed by atoms with van der Waals surface area (Å²) in [6, 6.07) is 8.66. The number of esters is 1. The average molecular weight is 388 g/mol. The van der Waals surface area contributed by atoms with Crippen LogP contribution in [0.4, 0.5) is 9.18 Å². The third-order valence-electron chi connectivity index (χ3n) is 3.56. The molecule has 1 aromatic heterocycles. The van der Waals surface area contributed by atoms with Crippen LogP contribution in [0.2, 0.25) is 0 Å². The van der Waals surface area contributed by atoms with Crippen molar-refractivity contribution < 1.29 is 27.9 Å². The predicted octanol–water partition coefficient (Wildman–Crippen LogP) is 3.27. The lowest BCUT2D eigenvalue weighted by Crippen LogP contribution is -2.41. The smallest absolute Gasteiger partial charge is 0.331 e. The van der Waals surface area contributed by atoms with Crippen LogP contribution in [0.15, 0.2) is 46.9 Å². The van der Waals surface area contributed by atoms with Gasteiger partial charge in [0, 0.05) is 12.6 Å². The number of carbonyl (C=O) groups excluding carboxylic acids is 3. The number of carbonyl (C=O) groups is 3. The van der Waals surface area contributed by atoms with Gasteiger partial charge in [-0.2, -0.15) is 0 Å². The topological polar surface area (TPSA) is 97.6 Å². The first-order valence-corrected chi connectivity index (χ1v) is 8.77. The fraction of sp³-hybridized carbons (Fsp3) is 0.250. The Hall–Kier alpha value is -3.42. The molecule has 2 aromatic rings. The number of halogens is 1. The molecular weight excluding hydrogens is 367 g/mol. The van der Waals surface area contributed by atoms with Crippen molar-refractivity contribution in [1.82, 2.24) is 10.6 Å². The highest BCUT2D eigenvalue weighted by Crippen LogP contribution is 2.25. The summed E-state index contributed by atoms with van der Waals surface area (Å²) in [7, 11) is 0. The molecule has 2 N–H and O–H groups in total. The first kappa shape index (κ1) is 20.9. The number of imide groups is 1. The number of ether oxygens (including phenoxy) is 1. The van der Waals surface area contributed by atoms with Gasteiger partial charge >= 0.3 is 12.0 Å². The molecule has 2 rings (SSSR count). The molecule has 0 bridgehead atoms. The van der Waals surface area contributed by atoms with E-state index in [9.17, 15) is 18.8 Å². The SMILES string of the molecule is CCCCNC(=O)NC(=O)COC(=O)/C=C/c1ccc(-c2ccccc2F)o1. The number of hydrogen-bond donors (Lipinski definition) is 2. The zero-order chi connectivity index (χ0) is 20.4. The second-order valence-electron chi connectivity index (χ2n) is 5.78. The molecule has 3 amide bonds. The molecule has 1 heterocycles. The molecule has 7 nitrogen and oxygen atoms in total. The summed E-state index contributed by atoms with van der Waals surface area (Å²) in [6.45, 7) is 1.83. The van der Waals surface area contributed by atoms with Gasteiger partial charge in [-0.25, -0.2) is 14.0 Å². The minimum atomic E-state index is -0.787. The van der Waals surface area contributed by atoms with E-state index in [0.717, 1.165) is 18.9 Å². The molecule has 0 saturated heterocycles. The molecule has 0 spiro atoms. The second kappa shape index (κ2) is 10.7. The van der Waals surface area contributed by atoms with Gasteiger partial charge in [0.1, 0.15) is 17.3 Å². The highest BCUT2D eigenvalue weighted by atomic mass is 19.1. The van der Waals surface area contributed by atoms with E-state index in [0.29, 0.717) is 23.6 Å². The van der Waals surface area contributed by atoms with Crippen molar-refractivity contribution in [2.75, 3.05) is 13.2 Å². The lowest BCUT2D eigenvalue weighted by atomic mass is 10.1. The fourth-order valence-corrected chi connectivity index (χ4v) is 2.17. The van der Waals surface area contributed by atoms with Gasteiger partial charge in [-0.05, 0) is 36.8 Å². The van der Waals surface area contributed by atoms with Crippen LogP contribution in [0.1, 0.15) is 25.5 Å². The first-order valence-electron chi connectivity index (χ1n) is 8.77. The number of rotatable bonds is 8. The molecule has 0 saturated carbocycles. The number of furan rings is 1. The Morgan fingerprint density at radius 2 is 1.96 bits per heavy atom. The predicted molar refractivity (Wildman–Crippen MR) is 101 cm³/mol. The summed E-state index contributed by atoms with van der Waals surface area (Å²) >= 11 is 0. The van der Waals surface area contributed by atoms with Crippen LogP contribution in [0.3, 0.4) is 0 Å². The molecule has 0 unspecified atom stereocenters. The summed E-state index contributed by atoms with van der Waals surface area (Å²) in [4.78, 5) is 34.6. The van der Waals surface area contributed by atoms with E-state index in [1.165, 1.54) is 12.1 Å². The highest BCUT2D eigenvalue weighted by Gasteiger charge is 2.10. The molecule has 0 fully saturated rings. The Morgan fingerprint density at radius 1 is 1.18 bits per heavy atom. The molecule has 148 valence electrons. The minimum Gasteiger partial charge on any atom is -0.457 e. The molecule has 0 aliphatic heterocycles. The lowest BCUT2D eigenvalue weighted by Gasteiger charge is -2.05. The summed E-state index contributed by atoms with van der Waals surface area (Å²) in [5, 5.41) is 4.55.